The summed E-state index contributed by atoms with van der Waals surface area (Å²) in [6, 6.07) is 9.00. The Bertz CT molecular complexity index is 392. The van der Waals surface area contributed by atoms with Crippen LogP contribution in [-0.2, 0) is 16.0 Å². The van der Waals surface area contributed by atoms with Crippen LogP contribution in [-0.4, -0.2) is 31.4 Å². The van der Waals surface area contributed by atoms with Crippen molar-refractivity contribution < 1.29 is 9.59 Å². The van der Waals surface area contributed by atoms with E-state index in [4.69, 9.17) is 5.73 Å². The Morgan fingerprint density at radius 2 is 1.94 bits per heavy atom. The third-order valence-electron chi connectivity index (χ3n) is 2.57. The summed E-state index contributed by atoms with van der Waals surface area (Å²) in [5.41, 5.74) is 6.81. The predicted molar refractivity (Wildman–Crippen MR) is 69.8 cm³/mol. The lowest BCUT2D eigenvalue weighted by Gasteiger charge is -2.12. The lowest BCUT2D eigenvalue weighted by molar-refractivity contribution is -0.123. The monoisotopic (exact) mass is 249 g/mol. The van der Waals surface area contributed by atoms with Crippen LogP contribution in [0.3, 0.4) is 0 Å². The van der Waals surface area contributed by atoms with E-state index in [1.54, 1.807) is 7.05 Å². The van der Waals surface area contributed by atoms with Crippen molar-refractivity contribution in [2.45, 2.75) is 18.9 Å². The molecule has 5 nitrogen and oxygen atoms in total. The fourth-order valence-corrected chi connectivity index (χ4v) is 1.52. The average molecular weight is 249 g/mol. The van der Waals surface area contributed by atoms with Crippen molar-refractivity contribution in [2.75, 3.05) is 13.6 Å². The van der Waals surface area contributed by atoms with E-state index in [-0.39, 0.29) is 18.2 Å². The number of hydrogen-bond acceptors (Lipinski definition) is 3. The Kier molecular flexibility index (Phi) is 5.87. The van der Waals surface area contributed by atoms with E-state index < -0.39 is 6.04 Å². The van der Waals surface area contributed by atoms with Gasteiger partial charge in [-0.05, 0) is 12.0 Å². The number of rotatable bonds is 6. The first-order valence-electron chi connectivity index (χ1n) is 5.91. The number of nitrogens with two attached hydrogens (primary N) is 1. The molecule has 2 amide bonds. The van der Waals surface area contributed by atoms with Gasteiger partial charge in [0, 0.05) is 20.0 Å². The van der Waals surface area contributed by atoms with Crippen LogP contribution in [0.2, 0.25) is 0 Å². The fraction of sp³-hybridized carbons (Fsp3) is 0.385. The van der Waals surface area contributed by atoms with E-state index in [0.29, 0.717) is 13.0 Å². The minimum atomic E-state index is -0.586. The molecule has 98 valence electrons. The van der Waals surface area contributed by atoms with Gasteiger partial charge >= 0.3 is 0 Å². The van der Waals surface area contributed by atoms with Crippen molar-refractivity contribution in [1.29, 1.82) is 0 Å². The SMILES string of the molecule is CNC(=O)CCNC(=O)[C@@H](N)Cc1ccccc1. The van der Waals surface area contributed by atoms with Gasteiger partial charge < -0.3 is 16.4 Å². The van der Waals surface area contributed by atoms with E-state index >= 15 is 0 Å². The zero-order valence-electron chi connectivity index (χ0n) is 10.5. The Balaban J connectivity index is 2.31. The standard InChI is InChI=1S/C13H19N3O2/c1-15-12(17)7-8-16-13(18)11(14)9-10-5-3-2-4-6-10/h2-6,11H,7-9,14H2,1H3,(H,15,17)(H,16,18)/t11-/m0/s1. The van der Waals surface area contributed by atoms with Gasteiger partial charge in [-0.2, -0.15) is 0 Å². The minimum absolute atomic E-state index is 0.105. The highest BCUT2D eigenvalue weighted by Crippen LogP contribution is 2.01. The molecule has 0 heterocycles. The van der Waals surface area contributed by atoms with Gasteiger partial charge in [0.15, 0.2) is 0 Å². The maximum atomic E-state index is 11.6. The smallest absolute Gasteiger partial charge is 0.237 e. The van der Waals surface area contributed by atoms with Crippen LogP contribution >= 0.6 is 0 Å². The summed E-state index contributed by atoms with van der Waals surface area (Å²) in [5.74, 6) is -0.338. The zero-order valence-corrected chi connectivity index (χ0v) is 10.5. The first kappa shape index (κ1) is 14.2. The van der Waals surface area contributed by atoms with Gasteiger partial charge in [-0.3, -0.25) is 9.59 Å². The first-order chi connectivity index (χ1) is 8.63. The Morgan fingerprint density at radius 1 is 1.28 bits per heavy atom. The summed E-state index contributed by atoms with van der Waals surface area (Å²) < 4.78 is 0. The lowest BCUT2D eigenvalue weighted by atomic mass is 10.1. The number of hydrogen-bond donors (Lipinski definition) is 3. The molecule has 0 bridgehead atoms. The molecule has 0 aliphatic rings. The topological polar surface area (TPSA) is 84.2 Å². The Morgan fingerprint density at radius 3 is 2.56 bits per heavy atom. The highest BCUT2D eigenvalue weighted by Gasteiger charge is 2.13. The first-order valence-corrected chi connectivity index (χ1v) is 5.91. The number of benzene rings is 1. The number of carbonyl (C=O) groups excluding carboxylic acids is 2. The Labute approximate surface area is 107 Å². The van der Waals surface area contributed by atoms with Crippen molar-refractivity contribution in [1.82, 2.24) is 10.6 Å². The van der Waals surface area contributed by atoms with Crippen molar-refractivity contribution in [3.05, 3.63) is 35.9 Å². The van der Waals surface area contributed by atoms with Gasteiger partial charge in [0.25, 0.3) is 0 Å². The molecular formula is C13H19N3O2. The van der Waals surface area contributed by atoms with Gasteiger partial charge in [-0.15, -0.1) is 0 Å². The summed E-state index contributed by atoms with van der Waals surface area (Å²) >= 11 is 0. The summed E-state index contributed by atoms with van der Waals surface area (Å²) in [4.78, 5) is 22.6. The van der Waals surface area contributed by atoms with Gasteiger partial charge in [0.1, 0.15) is 0 Å². The highest BCUT2D eigenvalue weighted by molar-refractivity contribution is 5.82. The van der Waals surface area contributed by atoms with Crippen molar-refractivity contribution >= 4 is 11.8 Å². The van der Waals surface area contributed by atoms with Gasteiger partial charge in [-0.25, -0.2) is 0 Å². The number of amides is 2. The zero-order chi connectivity index (χ0) is 13.4. The van der Waals surface area contributed by atoms with Crippen molar-refractivity contribution in [2.24, 2.45) is 5.73 Å². The molecule has 4 N–H and O–H groups in total. The van der Waals surface area contributed by atoms with Gasteiger partial charge in [0.2, 0.25) is 11.8 Å². The van der Waals surface area contributed by atoms with Gasteiger partial charge in [0.05, 0.1) is 6.04 Å². The van der Waals surface area contributed by atoms with Crippen LogP contribution < -0.4 is 16.4 Å². The van der Waals surface area contributed by atoms with E-state index in [1.807, 2.05) is 30.3 Å². The van der Waals surface area contributed by atoms with E-state index in [2.05, 4.69) is 10.6 Å². The number of nitrogens with one attached hydrogen (secondary N) is 2. The maximum Gasteiger partial charge on any atom is 0.237 e. The molecule has 0 unspecified atom stereocenters. The predicted octanol–water partition coefficient (Wildman–Crippen LogP) is -0.191. The van der Waals surface area contributed by atoms with Crippen molar-refractivity contribution in [3.63, 3.8) is 0 Å². The average Bonchev–Trinajstić information content (AvgIpc) is 2.39. The fourth-order valence-electron chi connectivity index (χ4n) is 1.52. The summed E-state index contributed by atoms with van der Waals surface area (Å²) in [5, 5.41) is 5.13. The van der Waals surface area contributed by atoms with Crippen LogP contribution in [0.5, 0.6) is 0 Å². The molecule has 0 aliphatic heterocycles. The quantitative estimate of drug-likeness (QED) is 0.653. The van der Waals surface area contributed by atoms with Crippen LogP contribution in [0.15, 0.2) is 30.3 Å². The molecule has 1 rings (SSSR count). The van der Waals surface area contributed by atoms with Crippen LogP contribution in [0, 0.1) is 0 Å². The van der Waals surface area contributed by atoms with Crippen LogP contribution in [0.4, 0.5) is 0 Å². The molecule has 0 aromatic heterocycles. The van der Waals surface area contributed by atoms with Crippen LogP contribution in [0.1, 0.15) is 12.0 Å². The van der Waals surface area contributed by atoms with Crippen LogP contribution in [0.25, 0.3) is 0 Å². The van der Waals surface area contributed by atoms with E-state index in [9.17, 15) is 9.59 Å². The third-order valence-corrected chi connectivity index (χ3v) is 2.57. The Hall–Kier alpha value is -1.88. The molecular weight excluding hydrogens is 230 g/mol. The summed E-state index contributed by atoms with van der Waals surface area (Å²) in [7, 11) is 1.56. The molecule has 0 aliphatic carbocycles. The molecule has 0 spiro atoms. The highest BCUT2D eigenvalue weighted by atomic mass is 16.2. The third kappa shape index (κ3) is 4.97. The normalized spacial score (nSPS) is 11.7. The minimum Gasteiger partial charge on any atom is -0.359 e. The van der Waals surface area contributed by atoms with Crippen molar-refractivity contribution in [3.8, 4) is 0 Å². The molecule has 1 aromatic carbocycles. The second-order valence-electron chi connectivity index (χ2n) is 4.01. The second-order valence-corrected chi connectivity index (χ2v) is 4.01. The summed E-state index contributed by atoms with van der Waals surface area (Å²) in [6.07, 6.45) is 0.757. The number of carbonyl (C=O) groups is 2. The van der Waals surface area contributed by atoms with Gasteiger partial charge in [-0.1, -0.05) is 30.3 Å². The molecule has 0 saturated heterocycles. The molecule has 1 aromatic rings. The largest absolute Gasteiger partial charge is 0.359 e. The molecule has 0 fully saturated rings. The molecule has 0 saturated carbocycles. The summed E-state index contributed by atoms with van der Waals surface area (Å²) in [6.45, 7) is 0.307. The lowest BCUT2D eigenvalue weighted by Crippen LogP contribution is -2.43. The second kappa shape index (κ2) is 7.45. The molecule has 1 atom stereocenters. The molecule has 0 radical (unpaired) electrons. The van der Waals surface area contributed by atoms with E-state index in [0.717, 1.165) is 5.56 Å². The van der Waals surface area contributed by atoms with E-state index in [1.165, 1.54) is 0 Å². The molecule has 5 heteroatoms. The maximum absolute atomic E-state index is 11.6. The molecule has 18 heavy (non-hydrogen) atoms.